The molecule has 0 radical (unpaired) electrons. The van der Waals surface area contributed by atoms with Crippen molar-refractivity contribution in [2.24, 2.45) is 0 Å². The number of hydrogen-bond donors (Lipinski definition) is 4. The standard InChI is InChI=1S/4H3N.2O/h4*1H3;;/q;;;;2*-2/p+4. The molecule has 48 valence electrons. The highest BCUT2D eigenvalue weighted by Crippen LogP contribution is -0.118. The van der Waals surface area contributed by atoms with Gasteiger partial charge in [-0.15, -0.1) is 0 Å². The van der Waals surface area contributed by atoms with E-state index in [4.69, 9.17) is 0 Å². The van der Waals surface area contributed by atoms with Crippen LogP contribution in [0, 0.1) is 0 Å². The van der Waals surface area contributed by atoms with E-state index in [1.165, 1.54) is 0 Å². The summed E-state index contributed by atoms with van der Waals surface area (Å²) in [6.45, 7) is 0. The second-order valence-electron chi connectivity index (χ2n) is 0. The Balaban J connectivity index is 0. The Hall–Kier alpha value is -0.240. The van der Waals surface area contributed by atoms with Crippen LogP contribution in [-0.4, -0.2) is 0 Å². The van der Waals surface area contributed by atoms with Gasteiger partial charge in [0.15, 0.2) is 0 Å². The van der Waals surface area contributed by atoms with Crippen LogP contribution >= 0.6 is 0 Å². The van der Waals surface area contributed by atoms with Crippen molar-refractivity contribution in [3.63, 3.8) is 0 Å². The normalized spacial score (nSPS) is 0. The minimum Gasteiger partial charge on any atom is -2.00 e. The largest absolute Gasteiger partial charge is 2.00 e. The summed E-state index contributed by atoms with van der Waals surface area (Å²) in [5.41, 5.74) is 0. The van der Waals surface area contributed by atoms with Crippen LogP contribution in [0.5, 0.6) is 0 Å². The lowest BCUT2D eigenvalue weighted by atomic mass is 14.0. The van der Waals surface area contributed by atoms with E-state index in [1.54, 1.807) is 0 Å². The molecule has 6 heavy (non-hydrogen) atoms. The van der Waals surface area contributed by atoms with E-state index in [0.29, 0.717) is 0 Å². The van der Waals surface area contributed by atoms with Crippen LogP contribution in [0.3, 0.4) is 0 Å². The zero-order chi connectivity index (χ0) is 0. The van der Waals surface area contributed by atoms with Crippen LogP contribution in [0.15, 0.2) is 0 Å². The van der Waals surface area contributed by atoms with Gasteiger partial charge < -0.3 is 35.6 Å². The molecular formula is H16N4O2. The molecule has 0 aromatic rings. The molecule has 16 N–H and O–H groups in total. The average molecular weight is 104 g/mol. The summed E-state index contributed by atoms with van der Waals surface area (Å²) in [4.78, 5) is 0. The van der Waals surface area contributed by atoms with Crippen molar-refractivity contribution >= 4 is 0 Å². The third-order valence-electron chi connectivity index (χ3n) is 0. The molecule has 0 saturated carbocycles. The predicted molar refractivity (Wildman–Crippen MR) is 25.3 cm³/mol. The molecule has 0 fully saturated rings. The summed E-state index contributed by atoms with van der Waals surface area (Å²) in [6.07, 6.45) is 0. The molecule has 0 aromatic carbocycles. The maximum atomic E-state index is 0. The lowest BCUT2D eigenvalue weighted by Crippen LogP contribution is -0.482. The summed E-state index contributed by atoms with van der Waals surface area (Å²) in [5, 5.41) is 0. The summed E-state index contributed by atoms with van der Waals surface area (Å²) >= 11 is 0. The van der Waals surface area contributed by atoms with Crippen molar-refractivity contribution in [2.45, 2.75) is 0 Å². The molecule has 0 saturated heterocycles. The molecule has 6 heteroatoms. The summed E-state index contributed by atoms with van der Waals surface area (Å²) in [5.74, 6) is 0. The first-order chi connectivity index (χ1) is 0. The van der Waals surface area contributed by atoms with Gasteiger partial charge in [-0.2, -0.15) is 0 Å². The lowest BCUT2D eigenvalue weighted by molar-refractivity contribution is 0.686. The van der Waals surface area contributed by atoms with Crippen LogP contribution in [0.2, 0.25) is 0 Å². The van der Waals surface area contributed by atoms with Crippen molar-refractivity contribution in [3.05, 3.63) is 0 Å². The van der Waals surface area contributed by atoms with Crippen LogP contribution in [0.4, 0.5) is 0 Å². The van der Waals surface area contributed by atoms with Gasteiger partial charge in [0, 0.05) is 0 Å². The summed E-state index contributed by atoms with van der Waals surface area (Å²) in [6, 6.07) is 0. The fourth-order valence-corrected chi connectivity index (χ4v) is 0. The SMILES string of the molecule is [NH4+].[NH4+].[NH4+].[NH4+].[O-2].[O-2]. The first-order valence-corrected chi connectivity index (χ1v) is 0. The third kappa shape index (κ3) is 497. The Morgan fingerprint density at radius 1 is 0.333 bits per heavy atom. The monoisotopic (exact) mass is 104 g/mol. The zero-order valence-corrected chi connectivity index (χ0v) is 4.82. The highest BCUT2D eigenvalue weighted by atomic mass is 16.0. The van der Waals surface area contributed by atoms with Crippen LogP contribution < -0.4 is 24.6 Å². The van der Waals surface area contributed by atoms with Gasteiger partial charge in [0.05, 0.1) is 0 Å². The predicted octanol–water partition coefficient (Wildman–Crippen LogP) is 1.27. The molecule has 0 unspecified atom stereocenters. The first-order valence-electron chi connectivity index (χ1n) is 0. The number of quaternary nitrogens is 4. The maximum absolute atomic E-state index is 0. The van der Waals surface area contributed by atoms with Gasteiger partial charge in [-0.1, -0.05) is 0 Å². The van der Waals surface area contributed by atoms with Crippen molar-refractivity contribution in [3.8, 4) is 0 Å². The molecule has 0 atom stereocenters. The summed E-state index contributed by atoms with van der Waals surface area (Å²) < 4.78 is 0. The molecule has 0 heterocycles. The molecule has 0 bridgehead atoms. The van der Waals surface area contributed by atoms with Gasteiger partial charge in [-0.05, 0) is 0 Å². The maximum Gasteiger partial charge on any atom is -0.369 e. The molecule has 0 aliphatic rings. The van der Waals surface area contributed by atoms with Crippen LogP contribution in [0.1, 0.15) is 0 Å². The smallest absolute Gasteiger partial charge is 0.369 e. The van der Waals surface area contributed by atoms with E-state index in [9.17, 15) is 0 Å². The number of rotatable bonds is 0. The average Bonchev–Trinajstić information content (AvgIpc) is 0. The second kappa shape index (κ2) is 1170. The third-order valence-corrected chi connectivity index (χ3v) is 0. The Morgan fingerprint density at radius 3 is 0.333 bits per heavy atom. The first kappa shape index (κ1) is 2270. The van der Waals surface area contributed by atoms with Gasteiger partial charge in [-0.25, -0.2) is 0 Å². The molecule has 0 aliphatic heterocycles. The van der Waals surface area contributed by atoms with E-state index in [1.807, 2.05) is 0 Å². The molecule has 0 aliphatic carbocycles. The highest BCUT2D eigenvalue weighted by molar-refractivity contribution is 2.14. The Labute approximate surface area is 36.9 Å². The van der Waals surface area contributed by atoms with Gasteiger partial charge >= 0.3 is 0 Å². The van der Waals surface area contributed by atoms with Crippen molar-refractivity contribution in [2.75, 3.05) is 0 Å². The van der Waals surface area contributed by atoms with Crippen molar-refractivity contribution in [1.82, 2.24) is 24.6 Å². The molecule has 0 aromatic heterocycles. The fraction of sp³-hybridized carbons (Fsp3) is 0. The molecule has 6 nitrogen and oxygen atoms in total. The zero-order valence-electron chi connectivity index (χ0n) is 4.82. The van der Waals surface area contributed by atoms with E-state index in [0.717, 1.165) is 0 Å². The van der Waals surface area contributed by atoms with Gasteiger partial charge in [-0.3, -0.25) is 0 Å². The van der Waals surface area contributed by atoms with E-state index < -0.39 is 0 Å². The van der Waals surface area contributed by atoms with E-state index >= 15 is 0 Å². The molecule has 0 amide bonds. The fourth-order valence-electron chi connectivity index (χ4n) is 0. The minimum atomic E-state index is 0. The van der Waals surface area contributed by atoms with Crippen molar-refractivity contribution in [1.29, 1.82) is 0 Å². The van der Waals surface area contributed by atoms with Crippen LogP contribution in [-0.2, 0) is 11.0 Å². The molecular weight excluding hydrogens is 88.0 g/mol. The summed E-state index contributed by atoms with van der Waals surface area (Å²) in [7, 11) is 0. The number of hydrogen-bond acceptors (Lipinski definition) is 0. The van der Waals surface area contributed by atoms with E-state index in [2.05, 4.69) is 0 Å². The highest BCUT2D eigenvalue weighted by Gasteiger charge is -0.366. The van der Waals surface area contributed by atoms with Gasteiger partial charge in [0.2, 0.25) is 0 Å². The lowest BCUT2D eigenvalue weighted by Gasteiger charge is -2.00. The quantitative estimate of drug-likeness (QED) is 0.342. The van der Waals surface area contributed by atoms with Crippen molar-refractivity contribution < 1.29 is 11.0 Å². The molecule has 0 rings (SSSR count). The Morgan fingerprint density at radius 2 is 0.333 bits per heavy atom. The Kier molecular flexibility index (Phi) is 441000. The second-order valence-corrected chi connectivity index (χ2v) is 0. The van der Waals surface area contributed by atoms with Gasteiger partial charge in [0.25, 0.3) is 0 Å². The minimum absolute atomic E-state index is 0. The Bertz CT molecular complexity index is 5.51. The van der Waals surface area contributed by atoms with E-state index in [-0.39, 0.29) is 35.6 Å². The van der Waals surface area contributed by atoms with Gasteiger partial charge in [0.1, 0.15) is 0 Å². The molecule has 0 spiro atoms. The topological polar surface area (TPSA) is 203 Å². The van der Waals surface area contributed by atoms with Crippen LogP contribution in [0.25, 0.3) is 0 Å².